The summed E-state index contributed by atoms with van der Waals surface area (Å²) in [5, 5.41) is 11.2. The quantitative estimate of drug-likeness (QED) is 0.601. The first-order chi connectivity index (χ1) is 11.8. The molecule has 0 radical (unpaired) electrons. The Hall–Kier alpha value is -3.28. The summed E-state index contributed by atoms with van der Waals surface area (Å²) in [7, 11) is 0. The Morgan fingerprint density at radius 1 is 0.958 bits per heavy atom. The van der Waals surface area contributed by atoms with Gasteiger partial charge in [0.05, 0.1) is 11.6 Å². The maximum Gasteiger partial charge on any atom is 0.162 e. The summed E-state index contributed by atoms with van der Waals surface area (Å²) in [5.74, 6) is 2.24. The van der Waals surface area contributed by atoms with Gasteiger partial charge in [-0.25, -0.2) is 15.0 Å². The largest absolute Gasteiger partial charge is 0.360 e. The van der Waals surface area contributed by atoms with Crippen LogP contribution in [-0.2, 0) is 0 Å². The second-order valence-corrected chi connectivity index (χ2v) is 5.52. The van der Waals surface area contributed by atoms with Crippen molar-refractivity contribution in [1.82, 2.24) is 25.1 Å². The third-order valence-corrected chi connectivity index (χ3v) is 3.83. The fraction of sp³-hybridized carbons (Fsp3) is 0.111. The van der Waals surface area contributed by atoms with Crippen molar-refractivity contribution in [1.29, 1.82) is 0 Å². The van der Waals surface area contributed by atoms with Crippen LogP contribution in [0.25, 0.3) is 22.3 Å². The molecule has 2 N–H and O–H groups in total. The Balaban J connectivity index is 1.81. The highest BCUT2D eigenvalue weighted by Gasteiger charge is 2.13. The zero-order valence-electron chi connectivity index (χ0n) is 13.1. The lowest BCUT2D eigenvalue weighted by atomic mass is 10.1. The van der Waals surface area contributed by atoms with Crippen LogP contribution in [0.5, 0.6) is 0 Å². The third kappa shape index (κ3) is 2.69. The normalized spacial score (nSPS) is 12.2. The molecular formula is C18H16N6. The van der Waals surface area contributed by atoms with Crippen LogP contribution in [0.4, 0.5) is 5.82 Å². The standard InChI is InChI=1S/C18H16N6/c1-12(16-19-11-20-24-16)21-18-14-9-5-6-10-15(14)22-17(23-18)13-7-3-2-4-8-13/h2-12H,1H3,(H,19,20,24)(H,21,22,23). The molecule has 0 bridgehead atoms. The van der Waals surface area contributed by atoms with E-state index in [4.69, 9.17) is 4.98 Å². The lowest BCUT2D eigenvalue weighted by Gasteiger charge is -2.15. The average molecular weight is 316 g/mol. The number of aromatic nitrogens is 5. The molecule has 0 spiro atoms. The van der Waals surface area contributed by atoms with Crippen LogP contribution in [0.2, 0.25) is 0 Å². The lowest BCUT2D eigenvalue weighted by Crippen LogP contribution is -2.11. The fourth-order valence-electron chi connectivity index (χ4n) is 2.60. The van der Waals surface area contributed by atoms with Crippen LogP contribution in [-0.4, -0.2) is 25.1 Å². The molecule has 118 valence electrons. The Morgan fingerprint density at radius 2 is 1.75 bits per heavy atom. The number of para-hydroxylation sites is 1. The average Bonchev–Trinajstić information content (AvgIpc) is 3.17. The lowest BCUT2D eigenvalue weighted by molar-refractivity contribution is 0.791. The van der Waals surface area contributed by atoms with E-state index in [1.165, 1.54) is 6.33 Å². The van der Waals surface area contributed by atoms with Crippen LogP contribution >= 0.6 is 0 Å². The van der Waals surface area contributed by atoms with Gasteiger partial charge in [0, 0.05) is 10.9 Å². The summed E-state index contributed by atoms with van der Waals surface area (Å²) in [6, 6.07) is 17.9. The summed E-state index contributed by atoms with van der Waals surface area (Å²) in [6.45, 7) is 2.01. The topological polar surface area (TPSA) is 79.4 Å². The third-order valence-electron chi connectivity index (χ3n) is 3.83. The Bertz CT molecular complexity index is 950. The van der Waals surface area contributed by atoms with Crippen molar-refractivity contribution < 1.29 is 0 Å². The molecular weight excluding hydrogens is 300 g/mol. The Kier molecular flexibility index (Phi) is 3.63. The van der Waals surface area contributed by atoms with Gasteiger partial charge >= 0.3 is 0 Å². The van der Waals surface area contributed by atoms with Gasteiger partial charge in [-0.3, -0.25) is 5.10 Å². The maximum atomic E-state index is 4.74. The number of rotatable bonds is 4. The molecule has 0 aliphatic rings. The number of hydrogen-bond acceptors (Lipinski definition) is 5. The highest BCUT2D eigenvalue weighted by molar-refractivity contribution is 5.90. The molecule has 24 heavy (non-hydrogen) atoms. The van der Waals surface area contributed by atoms with E-state index in [9.17, 15) is 0 Å². The molecule has 1 unspecified atom stereocenters. The molecule has 4 aromatic rings. The zero-order chi connectivity index (χ0) is 16.4. The minimum atomic E-state index is -0.0468. The number of aromatic amines is 1. The molecule has 0 saturated heterocycles. The van der Waals surface area contributed by atoms with Crippen molar-refractivity contribution >= 4 is 16.7 Å². The SMILES string of the molecule is CC(Nc1nc(-c2ccccc2)nc2ccccc12)c1ncn[nH]1. The molecule has 1 atom stereocenters. The predicted molar refractivity (Wildman–Crippen MR) is 93.4 cm³/mol. The van der Waals surface area contributed by atoms with E-state index in [2.05, 4.69) is 25.5 Å². The van der Waals surface area contributed by atoms with Gasteiger partial charge in [-0.2, -0.15) is 5.10 Å². The number of nitrogens with one attached hydrogen (secondary N) is 2. The van der Waals surface area contributed by atoms with Crippen LogP contribution in [0.1, 0.15) is 18.8 Å². The molecule has 2 aromatic heterocycles. The number of benzene rings is 2. The summed E-state index contributed by atoms with van der Waals surface area (Å²) >= 11 is 0. The van der Waals surface area contributed by atoms with E-state index in [0.29, 0.717) is 5.82 Å². The summed E-state index contributed by atoms with van der Waals surface area (Å²) < 4.78 is 0. The number of nitrogens with zero attached hydrogens (tertiary/aromatic N) is 4. The van der Waals surface area contributed by atoms with Gasteiger partial charge in [0.25, 0.3) is 0 Å². The van der Waals surface area contributed by atoms with Crippen LogP contribution in [0.15, 0.2) is 60.9 Å². The second-order valence-electron chi connectivity index (χ2n) is 5.52. The van der Waals surface area contributed by atoms with Crippen LogP contribution in [0.3, 0.4) is 0 Å². The predicted octanol–water partition coefficient (Wildman–Crippen LogP) is 3.59. The van der Waals surface area contributed by atoms with E-state index >= 15 is 0 Å². The summed E-state index contributed by atoms with van der Waals surface area (Å²) in [6.07, 6.45) is 1.50. The second kappa shape index (κ2) is 6.08. The monoisotopic (exact) mass is 316 g/mol. The molecule has 2 aromatic carbocycles. The first kappa shape index (κ1) is 14.3. The minimum Gasteiger partial charge on any atom is -0.360 e. The molecule has 6 nitrogen and oxygen atoms in total. The van der Waals surface area contributed by atoms with Crippen molar-refractivity contribution in [2.75, 3.05) is 5.32 Å². The van der Waals surface area contributed by atoms with Gasteiger partial charge in [-0.1, -0.05) is 42.5 Å². The molecule has 2 heterocycles. The van der Waals surface area contributed by atoms with Gasteiger partial charge in [0.2, 0.25) is 0 Å². The van der Waals surface area contributed by atoms with Crippen molar-refractivity contribution in [3.63, 3.8) is 0 Å². The molecule has 0 amide bonds. The first-order valence-electron chi connectivity index (χ1n) is 7.75. The van der Waals surface area contributed by atoms with Gasteiger partial charge in [0.15, 0.2) is 5.82 Å². The zero-order valence-corrected chi connectivity index (χ0v) is 13.1. The minimum absolute atomic E-state index is 0.0468. The van der Waals surface area contributed by atoms with E-state index in [-0.39, 0.29) is 6.04 Å². The van der Waals surface area contributed by atoms with E-state index < -0.39 is 0 Å². The maximum absolute atomic E-state index is 4.74. The molecule has 6 heteroatoms. The molecule has 4 rings (SSSR count). The van der Waals surface area contributed by atoms with Crippen molar-refractivity contribution in [3.8, 4) is 11.4 Å². The van der Waals surface area contributed by atoms with Crippen molar-refractivity contribution in [2.24, 2.45) is 0 Å². The van der Waals surface area contributed by atoms with Crippen LogP contribution < -0.4 is 5.32 Å². The molecule has 0 aliphatic carbocycles. The van der Waals surface area contributed by atoms with Crippen LogP contribution in [0, 0.1) is 0 Å². The van der Waals surface area contributed by atoms with E-state index in [1.54, 1.807) is 0 Å². The van der Waals surface area contributed by atoms with Crippen molar-refractivity contribution in [3.05, 3.63) is 66.7 Å². The van der Waals surface area contributed by atoms with Gasteiger partial charge < -0.3 is 5.32 Å². The Morgan fingerprint density at radius 3 is 2.54 bits per heavy atom. The fourth-order valence-corrected chi connectivity index (χ4v) is 2.60. The number of hydrogen-bond donors (Lipinski definition) is 2. The van der Waals surface area contributed by atoms with Gasteiger partial charge in [-0.15, -0.1) is 0 Å². The van der Waals surface area contributed by atoms with Gasteiger partial charge in [0.1, 0.15) is 18.0 Å². The summed E-state index contributed by atoms with van der Waals surface area (Å²) in [4.78, 5) is 13.6. The highest BCUT2D eigenvalue weighted by atomic mass is 15.2. The number of fused-ring (bicyclic) bond motifs is 1. The van der Waals surface area contributed by atoms with Crippen molar-refractivity contribution in [2.45, 2.75) is 13.0 Å². The smallest absolute Gasteiger partial charge is 0.162 e. The first-order valence-corrected chi connectivity index (χ1v) is 7.75. The summed E-state index contributed by atoms with van der Waals surface area (Å²) in [5.41, 5.74) is 1.89. The number of H-pyrrole nitrogens is 1. The van der Waals surface area contributed by atoms with E-state index in [0.717, 1.165) is 28.1 Å². The highest BCUT2D eigenvalue weighted by Crippen LogP contribution is 2.26. The Labute approximate surface area is 139 Å². The van der Waals surface area contributed by atoms with Gasteiger partial charge in [-0.05, 0) is 19.1 Å². The molecule has 0 fully saturated rings. The van der Waals surface area contributed by atoms with E-state index in [1.807, 2.05) is 61.5 Å². The molecule has 0 aliphatic heterocycles. The molecule has 0 saturated carbocycles. The number of anilines is 1.